The molecule has 1 aromatic carbocycles. The molecule has 12 heteroatoms. The van der Waals surface area contributed by atoms with Crippen LogP contribution >= 0.6 is 11.8 Å². The van der Waals surface area contributed by atoms with Gasteiger partial charge in [-0.2, -0.15) is 0 Å². The van der Waals surface area contributed by atoms with E-state index >= 15 is 0 Å². The number of nitro groups is 1. The van der Waals surface area contributed by atoms with E-state index in [9.17, 15) is 29.3 Å². The second kappa shape index (κ2) is 8.95. The van der Waals surface area contributed by atoms with Gasteiger partial charge in [0.05, 0.1) is 21.6 Å². The highest BCUT2D eigenvalue weighted by Gasteiger charge is 2.49. The molecule has 0 unspecified atom stereocenters. The number of fused-ring (bicyclic) bond motifs is 1. The normalized spacial score (nSPS) is 17.2. The van der Waals surface area contributed by atoms with Crippen LogP contribution in [0.4, 0.5) is 5.69 Å². The first-order chi connectivity index (χ1) is 14.3. The van der Waals surface area contributed by atoms with Gasteiger partial charge >= 0.3 is 17.9 Å². The third kappa shape index (κ3) is 4.76. The Labute approximate surface area is 174 Å². The number of amides is 1. The van der Waals surface area contributed by atoms with E-state index in [1.165, 1.54) is 40.9 Å². The maximum Gasteiger partial charge on any atom is 0.356 e. The molecule has 0 N–H and O–H groups in total. The second-order valence-electron chi connectivity index (χ2n) is 6.25. The quantitative estimate of drug-likeness (QED) is 0.192. The molecule has 1 atom stereocenters. The van der Waals surface area contributed by atoms with Gasteiger partial charge in [0.1, 0.15) is 18.9 Å². The number of esters is 3. The van der Waals surface area contributed by atoms with Gasteiger partial charge in [-0.3, -0.25) is 24.6 Å². The molecule has 158 valence electrons. The smallest absolute Gasteiger partial charge is 0.356 e. The summed E-state index contributed by atoms with van der Waals surface area (Å²) in [5.41, 5.74) is 0.441. The molecule has 0 aromatic heterocycles. The molecule has 1 saturated heterocycles. The van der Waals surface area contributed by atoms with Gasteiger partial charge in [0.2, 0.25) is 5.91 Å². The zero-order valence-electron chi connectivity index (χ0n) is 15.7. The van der Waals surface area contributed by atoms with E-state index in [0.29, 0.717) is 10.5 Å². The molecule has 0 radical (unpaired) electrons. The zero-order valence-corrected chi connectivity index (χ0v) is 16.5. The summed E-state index contributed by atoms with van der Waals surface area (Å²) in [6.45, 7) is 0.168. The topological polar surface area (TPSA) is 142 Å². The lowest BCUT2D eigenvalue weighted by Crippen LogP contribution is -2.48. The van der Waals surface area contributed by atoms with Crippen LogP contribution in [0.1, 0.15) is 18.9 Å². The molecular weight excluding hydrogens is 420 g/mol. The van der Waals surface area contributed by atoms with Crippen molar-refractivity contribution >= 4 is 41.3 Å². The Morgan fingerprint density at radius 2 is 1.87 bits per heavy atom. The van der Waals surface area contributed by atoms with Crippen LogP contribution in [0.15, 0.2) is 34.9 Å². The molecule has 0 bridgehead atoms. The minimum Gasteiger partial charge on any atom is -0.458 e. The number of hydrogen-bond acceptors (Lipinski definition) is 10. The number of thioether (sulfide) groups is 1. The first-order valence-electron chi connectivity index (χ1n) is 8.67. The van der Waals surface area contributed by atoms with Crippen molar-refractivity contribution in [2.75, 3.05) is 13.2 Å². The van der Waals surface area contributed by atoms with E-state index in [1.807, 2.05) is 0 Å². The van der Waals surface area contributed by atoms with Gasteiger partial charge < -0.3 is 14.2 Å². The van der Waals surface area contributed by atoms with Crippen molar-refractivity contribution in [3.8, 4) is 0 Å². The van der Waals surface area contributed by atoms with Crippen LogP contribution in [0.25, 0.3) is 0 Å². The highest BCUT2D eigenvalue weighted by atomic mass is 32.2. The summed E-state index contributed by atoms with van der Waals surface area (Å²) < 4.78 is 14.8. The fraction of sp³-hybridized carbons (Fsp3) is 0.333. The Morgan fingerprint density at radius 3 is 2.47 bits per heavy atom. The van der Waals surface area contributed by atoms with Crippen LogP contribution in [-0.4, -0.2) is 52.2 Å². The van der Waals surface area contributed by atoms with Gasteiger partial charge in [-0.15, -0.1) is 0 Å². The van der Waals surface area contributed by atoms with Crippen LogP contribution in [0.5, 0.6) is 0 Å². The van der Waals surface area contributed by atoms with Crippen LogP contribution in [0.2, 0.25) is 0 Å². The largest absolute Gasteiger partial charge is 0.458 e. The molecule has 2 aliphatic rings. The van der Waals surface area contributed by atoms with E-state index in [1.54, 1.807) is 0 Å². The Balaban J connectivity index is 1.64. The lowest BCUT2D eigenvalue weighted by atomic mass is 10.1. The van der Waals surface area contributed by atoms with E-state index in [-0.39, 0.29) is 42.3 Å². The molecule has 2 aliphatic heterocycles. The van der Waals surface area contributed by atoms with Crippen molar-refractivity contribution in [3.05, 3.63) is 50.5 Å². The predicted molar refractivity (Wildman–Crippen MR) is 100 cm³/mol. The summed E-state index contributed by atoms with van der Waals surface area (Å²) in [7, 11) is 0. The van der Waals surface area contributed by atoms with E-state index in [0.717, 1.165) is 6.92 Å². The van der Waals surface area contributed by atoms with Gasteiger partial charge in [0, 0.05) is 19.1 Å². The molecule has 1 aromatic rings. The van der Waals surface area contributed by atoms with Crippen molar-refractivity contribution in [3.63, 3.8) is 0 Å². The van der Waals surface area contributed by atoms with E-state index in [2.05, 4.69) is 4.74 Å². The first-order valence-corrected chi connectivity index (χ1v) is 9.55. The van der Waals surface area contributed by atoms with Gasteiger partial charge in [0.15, 0.2) is 6.61 Å². The molecule has 1 amide bonds. The number of nitrogens with zero attached hydrogens (tertiary/aromatic N) is 2. The molecule has 0 spiro atoms. The number of nitro benzene ring substituents is 1. The average molecular weight is 436 g/mol. The molecular formula is C18H16N2O9S. The minimum atomic E-state index is -0.794. The number of rotatable bonds is 8. The second-order valence-corrected chi connectivity index (χ2v) is 7.53. The highest BCUT2D eigenvalue weighted by Crippen LogP contribution is 2.46. The maximum atomic E-state index is 12.6. The summed E-state index contributed by atoms with van der Waals surface area (Å²) >= 11 is 1.22. The van der Waals surface area contributed by atoms with E-state index in [4.69, 9.17) is 9.47 Å². The summed E-state index contributed by atoms with van der Waals surface area (Å²) in [6.07, 6.45) is 0.245. The van der Waals surface area contributed by atoms with Crippen molar-refractivity contribution in [1.82, 2.24) is 4.90 Å². The van der Waals surface area contributed by atoms with Gasteiger partial charge in [-0.25, -0.2) is 9.59 Å². The number of carbonyl (C=O) groups is 4. The van der Waals surface area contributed by atoms with Crippen molar-refractivity contribution in [2.45, 2.75) is 25.3 Å². The molecule has 2 heterocycles. The van der Waals surface area contributed by atoms with Crippen LogP contribution in [0, 0.1) is 10.1 Å². The zero-order chi connectivity index (χ0) is 21.8. The number of non-ortho nitro benzene ring substituents is 1. The summed E-state index contributed by atoms with van der Waals surface area (Å²) in [4.78, 5) is 58.7. The molecule has 3 rings (SSSR count). The molecule has 30 heavy (non-hydrogen) atoms. The van der Waals surface area contributed by atoms with Crippen molar-refractivity contribution in [2.24, 2.45) is 0 Å². The fourth-order valence-electron chi connectivity index (χ4n) is 2.70. The van der Waals surface area contributed by atoms with Crippen molar-refractivity contribution < 1.29 is 38.3 Å². The number of β-lactam (4-membered cyclic amide) rings is 1. The number of benzene rings is 1. The molecule has 11 nitrogen and oxygen atoms in total. The van der Waals surface area contributed by atoms with Crippen LogP contribution < -0.4 is 0 Å². The number of carbonyl (C=O) groups excluding carboxylic acids is 4. The minimum absolute atomic E-state index is 0.00319. The summed E-state index contributed by atoms with van der Waals surface area (Å²) in [6, 6.07) is 5.49. The Bertz CT molecular complexity index is 941. The Hall–Kier alpha value is -3.41. The predicted octanol–water partition coefficient (Wildman–Crippen LogP) is 1.26. The molecule has 0 saturated carbocycles. The summed E-state index contributed by atoms with van der Waals surface area (Å²) in [5, 5.41) is 10.4. The SMILES string of the molecule is CC(=O)OCC(=O)OCC1=C(C(=O)OCc2ccc([N+](=O)[O-])cc2)N2C(=O)C[C@H]2S1. The fourth-order valence-corrected chi connectivity index (χ4v) is 4.00. The summed E-state index contributed by atoms with van der Waals surface area (Å²) in [5.74, 6) is -2.46. The monoisotopic (exact) mass is 436 g/mol. The Kier molecular flexibility index (Phi) is 6.35. The van der Waals surface area contributed by atoms with Crippen LogP contribution in [-0.2, 0) is 40.0 Å². The van der Waals surface area contributed by atoms with Gasteiger partial charge in [-0.1, -0.05) is 11.8 Å². The first kappa shape index (κ1) is 21.3. The maximum absolute atomic E-state index is 12.6. The Morgan fingerprint density at radius 1 is 1.17 bits per heavy atom. The average Bonchev–Trinajstić information content (AvgIpc) is 3.01. The standard InChI is InChI=1S/C18H16N2O9S/c1-10(21)27-9-16(23)28-8-13-17(19-14(22)6-15(19)30-13)18(24)29-7-11-2-4-12(5-3-11)20(25)26/h2-5,15H,6-9H2,1H3/t15-/m1/s1. The van der Waals surface area contributed by atoms with E-state index < -0.39 is 29.4 Å². The third-order valence-electron chi connectivity index (χ3n) is 4.16. The van der Waals surface area contributed by atoms with Crippen molar-refractivity contribution in [1.29, 1.82) is 0 Å². The van der Waals surface area contributed by atoms with Gasteiger partial charge in [-0.05, 0) is 17.7 Å². The number of ether oxygens (including phenoxy) is 3. The molecule has 1 fully saturated rings. The van der Waals surface area contributed by atoms with Crippen LogP contribution in [0.3, 0.4) is 0 Å². The third-order valence-corrected chi connectivity index (χ3v) is 5.40. The lowest BCUT2D eigenvalue weighted by Gasteiger charge is -2.34. The lowest BCUT2D eigenvalue weighted by molar-refractivity contribution is -0.384. The van der Waals surface area contributed by atoms with Gasteiger partial charge in [0.25, 0.3) is 5.69 Å². The highest BCUT2D eigenvalue weighted by molar-refractivity contribution is 8.04. The molecule has 0 aliphatic carbocycles. The number of hydrogen-bond donors (Lipinski definition) is 0.